The molecule has 0 aliphatic carbocycles. The smallest absolute Gasteiger partial charge is 0.241 e. The summed E-state index contributed by atoms with van der Waals surface area (Å²) in [6.45, 7) is 6.70. The summed E-state index contributed by atoms with van der Waals surface area (Å²) in [4.78, 5) is 13.7. The highest BCUT2D eigenvalue weighted by molar-refractivity contribution is 5.44. The number of rotatable bonds is 5. The lowest BCUT2D eigenvalue weighted by Crippen LogP contribution is -2.51. The van der Waals surface area contributed by atoms with E-state index in [1.807, 2.05) is 31.6 Å². The van der Waals surface area contributed by atoms with Gasteiger partial charge in [-0.1, -0.05) is 5.16 Å². The van der Waals surface area contributed by atoms with Crippen LogP contribution in [0, 0.1) is 0 Å². The van der Waals surface area contributed by atoms with Crippen molar-refractivity contribution in [2.75, 3.05) is 19.6 Å². The zero-order valence-corrected chi connectivity index (χ0v) is 14.5. The Kier molecular flexibility index (Phi) is 4.37. The molecule has 132 valence electrons. The number of aryl methyl sites for hydroxylation is 1. The van der Waals surface area contributed by atoms with E-state index in [0.29, 0.717) is 30.1 Å². The molecule has 3 aromatic heterocycles. The van der Waals surface area contributed by atoms with Crippen LogP contribution < -0.4 is 0 Å². The second-order valence-electron chi connectivity index (χ2n) is 6.50. The lowest BCUT2D eigenvalue weighted by Gasteiger charge is -2.39. The molecule has 0 saturated carbocycles. The Labute approximate surface area is 146 Å². The van der Waals surface area contributed by atoms with Crippen LogP contribution in [0.5, 0.6) is 0 Å². The molecule has 25 heavy (non-hydrogen) atoms. The van der Waals surface area contributed by atoms with Crippen molar-refractivity contribution in [1.82, 2.24) is 29.5 Å². The molecule has 0 amide bonds. The molecule has 1 atom stereocenters. The van der Waals surface area contributed by atoms with Crippen LogP contribution in [0.25, 0.3) is 11.6 Å². The van der Waals surface area contributed by atoms with Crippen LogP contribution in [0.15, 0.2) is 39.7 Å². The Balaban J connectivity index is 1.34. The molecule has 1 aliphatic rings. The molecule has 4 rings (SSSR count). The van der Waals surface area contributed by atoms with Crippen LogP contribution in [-0.2, 0) is 20.1 Å². The Morgan fingerprint density at radius 1 is 1.28 bits per heavy atom. The van der Waals surface area contributed by atoms with Gasteiger partial charge in [-0.15, -0.1) is 0 Å². The van der Waals surface area contributed by atoms with Crippen LogP contribution in [0.3, 0.4) is 0 Å². The van der Waals surface area contributed by atoms with E-state index in [4.69, 9.17) is 8.94 Å². The van der Waals surface area contributed by atoms with Crippen LogP contribution in [0.4, 0.5) is 0 Å². The zero-order chi connectivity index (χ0) is 17.2. The maximum atomic E-state index is 5.36. The Bertz CT molecular complexity index is 809. The summed E-state index contributed by atoms with van der Waals surface area (Å²) in [6, 6.07) is 4.08. The summed E-state index contributed by atoms with van der Waals surface area (Å²) < 4.78 is 12.7. The molecule has 1 aliphatic heterocycles. The number of piperazine rings is 1. The molecule has 4 heterocycles. The van der Waals surface area contributed by atoms with Crippen molar-refractivity contribution in [3.05, 3.63) is 42.5 Å². The largest absolute Gasteiger partial charge is 0.461 e. The molecule has 0 unspecified atom stereocenters. The first-order chi connectivity index (χ1) is 12.2. The van der Waals surface area contributed by atoms with Gasteiger partial charge >= 0.3 is 0 Å². The van der Waals surface area contributed by atoms with Gasteiger partial charge in [0.15, 0.2) is 5.76 Å². The molecule has 0 bridgehead atoms. The average Bonchev–Trinajstić information content (AvgIpc) is 3.32. The van der Waals surface area contributed by atoms with Crippen molar-refractivity contribution in [2.45, 2.75) is 26.1 Å². The first-order valence-electron chi connectivity index (χ1n) is 8.48. The fourth-order valence-electron chi connectivity index (χ4n) is 3.20. The first kappa shape index (κ1) is 16.0. The number of hydrogen-bond acceptors (Lipinski definition) is 7. The molecule has 1 saturated heterocycles. The molecule has 0 aromatic carbocycles. The Morgan fingerprint density at radius 3 is 2.92 bits per heavy atom. The van der Waals surface area contributed by atoms with Crippen LogP contribution in [0.1, 0.15) is 18.6 Å². The molecule has 0 spiro atoms. The summed E-state index contributed by atoms with van der Waals surface area (Å²) in [6.07, 6.45) is 5.44. The van der Waals surface area contributed by atoms with Gasteiger partial charge in [0.25, 0.3) is 0 Å². The van der Waals surface area contributed by atoms with E-state index in [1.165, 1.54) is 0 Å². The third kappa shape index (κ3) is 3.49. The van der Waals surface area contributed by atoms with Gasteiger partial charge in [0.05, 0.1) is 19.4 Å². The van der Waals surface area contributed by atoms with E-state index in [9.17, 15) is 0 Å². The van der Waals surface area contributed by atoms with Gasteiger partial charge in [-0.25, -0.2) is 4.98 Å². The maximum absolute atomic E-state index is 5.36. The molecule has 8 nitrogen and oxygen atoms in total. The third-order valence-corrected chi connectivity index (χ3v) is 4.68. The quantitative estimate of drug-likeness (QED) is 0.699. The number of hydrogen-bond donors (Lipinski definition) is 0. The van der Waals surface area contributed by atoms with E-state index in [1.54, 1.807) is 6.26 Å². The minimum absolute atomic E-state index is 0.443. The fraction of sp³-hybridized carbons (Fsp3) is 0.471. The molecule has 1 fully saturated rings. The predicted octanol–water partition coefficient (Wildman–Crippen LogP) is 1.77. The highest BCUT2D eigenvalue weighted by Crippen LogP contribution is 2.18. The third-order valence-electron chi connectivity index (χ3n) is 4.68. The second kappa shape index (κ2) is 6.81. The van der Waals surface area contributed by atoms with Crippen molar-refractivity contribution < 1.29 is 8.94 Å². The van der Waals surface area contributed by atoms with E-state index in [-0.39, 0.29) is 0 Å². The minimum Gasteiger partial charge on any atom is -0.461 e. The molecule has 8 heteroatoms. The normalized spacial score (nSPS) is 19.5. The Hall–Kier alpha value is -2.45. The lowest BCUT2D eigenvalue weighted by atomic mass is 10.2. The second-order valence-corrected chi connectivity index (χ2v) is 6.50. The van der Waals surface area contributed by atoms with Crippen molar-refractivity contribution in [2.24, 2.45) is 7.05 Å². The van der Waals surface area contributed by atoms with Gasteiger partial charge in [-0.05, 0) is 19.1 Å². The van der Waals surface area contributed by atoms with E-state index < -0.39 is 0 Å². The summed E-state index contributed by atoms with van der Waals surface area (Å²) in [7, 11) is 2.04. The number of furan rings is 1. The SMILES string of the molecule is C[C@H]1CN(Cc2nc(-c3ccco3)no2)CCN1Cc1nccn1C. The summed E-state index contributed by atoms with van der Waals surface area (Å²) in [5.74, 6) is 2.85. The van der Waals surface area contributed by atoms with Crippen LogP contribution >= 0.6 is 0 Å². The van der Waals surface area contributed by atoms with E-state index >= 15 is 0 Å². The van der Waals surface area contributed by atoms with Crippen LogP contribution in [0.2, 0.25) is 0 Å². The fourth-order valence-corrected chi connectivity index (χ4v) is 3.20. The lowest BCUT2D eigenvalue weighted by molar-refractivity contribution is 0.0645. The van der Waals surface area contributed by atoms with Gasteiger partial charge in [0, 0.05) is 45.1 Å². The van der Waals surface area contributed by atoms with Gasteiger partial charge in [0.1, 0.15) is 5.82 Å². The predicted molar refractivity (Wildman–Crippen MR) is 90.4 cm³/mol. The highest BCUT2D eigenvalue weighted by Gasteiger charge is 2.26. The van der Waals surface area contributed by atoms with Crippen molar-refractivity contribution >= 4 is 0 Å². The molecular formula is C17H22N6O2. The summed E-state index contributed by atoms with van der Waals surface area (Å²) in [5, 5.41) is 3.99. The van der Waals surface area contributed by atoms with Crippen molar-refractivity contribution in [1.29, 1.82) is 0 Å². The number of aromatic nitrogens is 4. The van der Waals surface area contributed by atoms with Gasteiger partial charge < -0.3 is 13.5 Å². The molecule has 3 aromatic rings. The molecule has 0 radical (unpaired) electrons. The Morgan fingerprint density at radius 2 is 2.20 bits per heavy atom. The minimum atomic E-state index is 0.443. The van der Waals surface area contributed by atoms with Crippen molar-refractivity contribution in [3.63, 3.8) is 0 Å². The molecular weight excluding hydrogens is 320 g/mol. The van der Waals surface area contributed by atoms with E-state index in [0.717, 1.165) is 32.0 Å². The summed E-state index contributed by atoms with van der Waals surface area (Å²) >= 11 is 0. The first-order valence-corrected chi connectivity index (χ1v) is 8.48. The van der Waals surface area contributed by atoms with Gasteiger partial charge in [0.2, 0.25) is 11.7 Å². The van der Waals surface area contributed by atoms with Gasteiger partial charge in [-0.3, -0.25) is 9.80 Å². The average molecular weight is 342 g/mol. The van der Waals surface area contributed by atoms with E-state index in [2.05, 4.69) is 36.4 Å². The summed E-state index contributed by atoms with van der Waals surface area (Å²) in [5.41, 5.74) is 0. The molecule has 0 N–H and O–H groups in total. The monoisotopic (exact) mass is 342 g/mol. The maximum Gasteiger partial charge on any atom is 0.241 e. The topological polar surface area (TPSA) is 76.4 Å². The standard InChI is InChI=1S/C17H22N6O2/c1-13-10-22(7-8-23(13)11-15-18-5-6-21(15)2)12-16-19-17(20-25-16)14-4-3-9-24-14/h3-6,9,13H,7-8,10-12H2,1-2H3/t13-/m0/s1. The number of imidazole rings is 1. The zero-order valence-electron chi connectivity index (χ0n) is 14.5. The van der Waals surface area contributed by atoms with Crippen LogP contribution in [-0.4, -0.2) is 55.2 Å². The number of nitrogens with zero attached hydrogens (tertiary/aromatic N) is 6. The highest BCUT2D eigenvalue weighted by atomic mass is 16.5. The van der Waals surface area contributed by atoms with Gasteiger partial charge in [-0.2, -0.15) is 4.98 Å². The van der Waals surface area contributed by atoms with Crippen molar-refractivity contribution in [3.8, 4) is 11.6 Å².